The first-order valence-corrected chi connectivity index (χ1v) is 11.0. The Hall–Kier alpha value is -0.180. The van der Waals surface area contributed by atoms with Crippen molar-refractivity contribution in [2.45, 2.75) is 73.6 Å². The third-order valence-electron chi connectivity index (χ3n) is 4.34. The highest BCUT2D eigenvalue weighted by molar-refractivity contribution is 6.44. The van der Waals surface area contributed by atoms with Crippen LogP contribution in [0, 0.1) is 5.92 Å². The highest BCUT2D eigenvalue weighted by atomic mass is 35.5. The van der Waals surface area contributed by atoms with E-state index in [2.05, 4.69) is 37.5 Å². The average Bonchev–Trinajstić information content (AvgIpc) is 2.62. The first-order valence-electron chi connectivity index (χ1n) is 10.3. The van der Waals surface area contributed by atoms with Crippen molar-refractivity contribution in [3.05, 3.63) is 21.8 Å². The average molecular weight is 391 g/mol. The first-order chi connectivity index (χ1) is 12.0. The van der Waals surface area contributed by atoms with Crippen LogP contribution in [0.25, 0.3) is 0 Å². The van der Waals surface area contributed by atoms with E-state index in [9.17, 15) is 0 Å². The van der Waals surface area contributed by atoms with Gasteiger partial charge in [-0.2, -0.15) is 0 Å². The molecule has 0 aromatic heterocycles. The maximum atomic E-state index is 6.42. The summed E-state index contributed by atoms with van der Waals surface area (Å²) < 4.78 is 0. The number of piperazine rings is 1. The Morgan fingerprint density at radius 1 is 1.00 bits per heavy atom. The lowest BCUT2D eigenvalue weighted by molar-refractivity contribution is 0.147. The number of nitrogens with zero attached hydrogens (tertiary/aromatic N) is 2. The van der Waals surface area contributed by atoms with Gasteiger partial charge in [0.05, 0.1) is 10.1 Å². The summed E-state index contributed by atoms with van der Waals surface area (Å²) >= 11 is 12.6. The number of unbranched alkanes of at least 4 members (excludes halogenated alkanes) is 2. The molecule has 1 aliphatic carbocycles. The zero-order chi connectivity index (χ0) is 19.2. The number of hydrogen-bond acceptors (Lipinski definition) is 2. The van der Waals surface area contributed by atoms with Crippen LogP contribution in [0.2, 0.25) is 0 Å². The molecule has 2 rings (SSSR count). The van der Waals surface area contributed by atoms with E-state index in [1.807, 2.05) is 19.9 Å². The van der Waals surface area contributed by atoms with E-state index in [0.717, 1.165) is 42.7 Å². The van der Waals surface area contributed by atoms with Crippen molar-refractivity contribution in [2.75, 3.05) is 32.7 Å². The molecule has 25 heavy (non-hydrogen) atoms. The molecule has 0 radical (unpaired) electrons. The van der Waals surface area contributed by atoms with Gasteiger partial charge in [0.1, 0.15) is 0 Å². The molecule has 1 aliphatic heterocycles. The third kappa shape index (κ3) is 8.84. The van der Waals surface area contributed by atoms with Gasteiger partial charge in [-0.05, 0) is 19.4 Å². The molecule has 1 atom stereocenters. The van der Waals surface area contributed by atoms with Crippen LogP contribution in [-0.2, 0) is 0 Å². The molecule has 1 fully saturated rings. The molecule has 0 aromatic rings. The summed E-state index contributed by atoms with van der Waals surface area (Å²) in [6, 6.07) is 0. The molecule has 0 N–H and O–H groups in total. The molecule has 2 aliphatic rings. The van der Waals surface area contributed by atoms with Crippen molar-refractivity contribution >= 4 is 23.2 Å². The molecular formula is C21H40Cl2N2. The second kappa shape index (κ2) is 14.9. The first kappa shape index (κ1) is 24.8. The van der Waals surface area contributed by atoms with Gasteiger partial charge < -0.3 is 4.90 Å². The molecule has 0 bridgehead atoms. The van der Waals surface area contributed by atoms with Gasteiger partial charge >= 0.3 is 0 Å². The summed E-state index contributed by atoms with van der Waals surface area (Å²) in [6.45, 7) is 18.4. The Labute approximate surface area is 167 Å². The summed E-state index contributed by atoms with van der Waals surface area (Å²) in [6.07, 6.45) is 8.25. The zero-order valence-corrected chi connectivity index (χ0v) is 18.9. The van der Waals surface area contributed by atoms with E-state index in [1.54, 1.807) is 0 Å². The number of hydrogen-bond donors (Lipinski definition) is 0. The predicted octanol–water partition coefficient (Wildman–Crippen LogP) is 6.85. The minimum atomic E-state index is 0.483. The smallest absolute Gasteiger partial charge is 0.0783 e. The summed E-state index contributed by atoms with van der Waals surface area (Å²) in [5, 5.41) is 1.50. The molecule has 148 valence electrons. The second-order valence-corrected chi connectivity index (χ2v) is 7.42. The van der Waals surface area contributed by atoms with Gasteiger partial charge in [-0.25, -0.2) is 0 Å². The summed E-state index contributed by atoms with van der Waals surface area (Å²) in [5.41, 5.74) is 1.26. The monoisotopic (exact) mass is 390 g/mol. The van der Waals surface area contributed by atoms with Crippen LogP contribution < -0.4 is 0 Å². The van der Waals surface area contributed by atoms with Crippen molar-refractivity contribution in [2.24, 2.45) is 5.92 Å². The molecular weight excluding hydrogens is 351 g/mol. The van der Waals surface area contributed by atoms with Crippen LogP contribution in [0.4, 0.5) is 0 Å². The zero-order valence-electron chi connectivity index (χ0n) is 17.4. The van der Waals surface area contributed by atoms with Crippen LogP contribution in [-0.4, -0.2) is 42.5 Å². The second-order valence-electron chi connectivity index (χ2n) is 6.63. The van der Waals surface area contributed by atoms with Crippen LogP contribution in [0.3, 0.4) is 0 Å². The van der Waals surface area contributed by atoms with Crippen molar-refractivity contribution < 1.29 is 0 Å². The Kier molecular flexibility index (Phi) is 14.8. The Bertz CT molecular complexity index is 397. The molecule has 0 aromatic carbocycles. The fourth-order valence-corrected chi connectivity index (χ4v) is 3.64. The van der Waals surface area contributed by atoms with Gasteiger partial charge in [0.2, 0.25) is 0 Å². The van der Waals surface area contributed by atoms with Crippen molar-refractivity contribution in [3.63, 3.8) is 0 Å². The molecule has 1 heterocycles. The minimum Gasteiger partial charge on any atom is -0.371 e. The van der Waals surface area contributed by atoms with Crippen LogP contribution in [0.5, 0.6) is 0 Å². The summed E-state index contributed by atoms with van der Waals surface area (Å²) in [7, 11) is 0. The molecule has 0 amide bonds. The molecule has 0 unspecified atom stereocenters. The molecule has 1 saturated heterocycles. The highest BCUT2D eigenvalue weighted by Gasteiger charge is 2.27. The SMILES string of the molecule is CC.CCC.CCCCCN1CCN(C2=C(Cl)C(Cl)=CC[C@H]2C)CC1. The van der Waals surface area contributed by atoms with Crippen LogP contribution >= 0.6 is 23.2 Å². The summed E-state index contributed by atoms with van der Waals surface area (Å²) in [4.78, 5) is 5.02. The number of allylic oxidation sites excluding steroid dienone is 4. The molecule has 2 nitrogen and oxygen atoms in total. The van der Waals surface area contributed by atoms with Gasteiger partial charge in [0.25, 0.3) is 0 Å². The highest BCUT2D eigenvalue weighted by Crippen LogP contribution is 2.36. The molecule has 0 spiro atoms. The Morgan fingerprint density at radius 2 is 1.56 bits per heavy atom. The third-order valence-corrected chi connectivity index (χ3v) is 5.18. The Morgan fingerprint density at radius 3 is 2.08 bits per heavy atom. The van der Waals surface area contributed by atoms with E-state index in [1.165, 1.54) is 37.9 Å². The van der Waals surface area contributed by atoms with Crippen LogP contribution in [0.15, 0.2) is 21.8 Å². The largest absolute Gasteiger partial charge is 0.371 e. The lowest BCUT2D eigenvalue weighted by Crippen LogP contribution is -2.47. The van der Waals surface area contributed by atoms with E-state index in [4.69, 9.17) is 23.2 Å². The van der Waals surface area contributed by atoms with Crippen molar-refractivity contribution in [1.82, 2.24) is 9.80 Å². The maximum Gasteiger partial charge on any atom is 0.0783 e. The standard InChI is InChI=1S/C16H26Cl2N2.C3H8.C2H6/c1-3-4-5-8-19-9-11-20(12-10-19)16-13(2)6-7-14(17)15(16)18;1-3-2;1-2/h7,13H,3-6,8-12H2,1-2H3;3H2,1-2H3;1-2H3/t13-;;/m1../s1. The quantitative estimate of drug-likeness (QED) is 0.473. The number of rotatable bonds is 5. The van der Waals surface area contributed by atoms with Crippen molar-refractivity contribution in [1.29, 1.82) is 0 Å². The lowest BCUT2D eigenvalue weighted by Gasteiger charge is -2.40. The lowest BCUT2D eigenvalue weighted by atomic mass is 9.97. The van der Waals surface area contributed by atoms with Gasteiger partial charge in [-0.1, -0.05) is 90.1 Å². The summed E-state index contributed by atoms with van der Waals surface area (Å²) in [5.74, 6) is 0.483. The molecule has 4 heteroatoms. The normalized spacial score (nSPS) is 21.0. The fraction of sp³-hybridized carbons (Fsp3) is 0.810. The van der Waals surface area contributed by atoms with Crippen LogP contribution in [0.1, 0.15) is 73.6 Å². The fourth-order valence-electron chi connectivity index (χ4n) is 3.07. The van der Waals surface area contributed by atoms with Gasteiger partial charge in [0, 0.05) is 37.8 Å². The van der Waals surface area contributed by atoms with Gasteiger partial charge in [0.15, 0.2) is 0 Å². The van der Waals surface area contributed by atoms with E-state index in [-0.39, 0.29) is 0 Å². The van der Waals surface area contributed by atoms with Gasteiger partial charge in [-0.3, -0.25) is 4.90 Å². The topological polar surface area (TPSA) is 6.48 Å². The number of halogens is 2. The minimum absolute atomic E-state index is 0.483. The van der Waals surface area contributed by atoms with Crippen molar-refractivity contribution in [3.8, 4) is 0 Å². The Balaban J connectivity index is 0.00000104. The van der Waals surface area contributed by atoms with Gasteiger partial charge in [-0.15, -0.1) is 0 Å². The maximum absolute atomic E-state index is 6.42. The van der Waals surface area contributed by atoms with E-state index >= 15 is 0 Å². The predicted molar refractivity (Wildman–Crippen MR) is 115 cm³/mol. The van der Waals surface area contributed by atoms with E-state index in [0.29, 0.717) is 5.92 Å². The van der Waals surface area contributed by atoms with E-state index < -0.39 is 0 Å². The molecule has 0 saturated carbocycles.